The number of benzene rings is 1. The maximum Gasteiger partial charge on any atom is 0.253 e. The zero-order chi connectivity index (χ0) is 15.4. The van der Waals surface area contributed by atoms with Gasteiger partial charge >= 0.3 is 0 Å². The summed E-state index contributed by atoms with van der Waals surface area (Å²) in [6.45, 7) is 0.381. The second-order valence-electron chi connectivity index (χ2n) is 4.72. The second-order valence-corrected chi connectivity index (χ2v) is 4.72. The van der Waals surface area contributed by atoms with Crippen LogP contribution in [0.4, 0.5) is 0 Å². The number of aromatic nitrogens is 3. The first-order valence-electron chi connectivity index (χ1n) is 6.77. The Labute approximate surface area is 126 Å². The number of pyridine rings is 1. The van der Waals surface area contributed by atoms with Crippen molar-refractivity contribution in [1.82, 2.24) is 19.9 Å². The second kappa shape index (κ2) is 6.09. The summed E-state index contributed by atoms with van der Waals surface area (Å²) >= 11 is 0. The van der Waals surface area contributed by atoms with Crippen molar-refractivity contribution in [2.75, 3.05) is 0 Å². The topological polar surface area (TPSA) is 79.8 Å². The summed E-state index contributed by atoms with van der Waals surface area (Å²) in [6, 6.07) is 10.6. The Hall–Kier alpha value is -3.15. The van der Waals surface area contributed by atoms with E-state index in [1.807, 2.05) is 35.0 Å². The molecule has 1 amide bonds. The van der Waals surface area contributed by atoms with E-state index in [0.29, 0.717) is 12.1 Å². The van der Waals surface area contributed by atoms with Gasteiger partial charge in [-0.05, 0) is 17.7 Å². The van der Waals surface area contributed by atoms with Crippen molar-refractivity contribution < 1.29 is 4.79 Å². The number of rotatable bonds is 4. The molecule has 2 heterocycles. The zero-order valence-electron chi connectivity index (χ0n) is 11.7. The highest BCUT2D eigenvalue weighted by molar-refractivity contribution is 5.93. The van der Waals surface area contributed by atoms with Gasteiger partial charge in [0, 0.05) is 31.2 Å². The van der Waals surface area contributed by atoms with E-state index in [1.54, 1.807) is 12.5 Å². The quantitative estimate of drug-likeness (QED) is 0.765. The van der Waals surface area contributed by atoms with E-state index in [0.717, 1.165) is 11.3 Å². The molecule has 0 bridgehead atoms. The maximum atomic E-state index is 12.1. The Morgan fingerprint density at radius 3 is 2.82 bits per heavy atom. The molecular weight excluding hydrogens is 280 g/mol. The standard InChI is InChI=1S/C16H14N4O2/c21-15-6-5-13(10-18-15)16(22)19-9-12-3-1-2-4-14(12)20-8-7-17-11-20/h1-8,10-11H,9H2,(H,18,21)(H,19,22). The van der Waals surface area contributed by atoms with Crippen LogP contribution in [0.25, 0.3) is 5.69 Å². The van der Waals surface area contributed by atoms with E-state index >= 15 is 0 Å². The molecule has 6 heteroatoms. The molecule has 0 saturated heterocycles. The van der Waals surface area contributed by atoms with Crippen molar-refractivity contribution in [2.45, 2.75) is 6.54 Å². The average molecular weight is 294 g/mol. The molecule has 0 aliphatic carbocycles. The van der Waals surface area contributed by atoms with E-state index in [1.165, 1.54) is 18.3 Å². The molecule has 2 aromatic heterocycles. The number of nitrogens with zero attached hydrogens (tertiary/aromatic N) is 2. The molecule has 6 nitrogen and oxygen atoms in total. The Morgan fingerprint density at radius 1 is 1.23 bits per heavy atom. The fourth-order valence-corrected chi connectivity index (χ4v) is 2.14. The van der Waals surface area contributed by atoms with Gasteiger partial charge in [0.05, 0.1) is 17.6 Å². The molecule has 110 valence electrons. The summed E-state index contributed by atoms with van der Waals surface area (Å²) in [4.78, 5) is 29.6. The third-order valence-corrected chi connectivity index (χ3v) is 3.26. The van der Waals surface area contributed by atoms with Crippen LogP contribution in [0.5, 0.6) is 0 Å². The molecule has 0 atom stereocenters. The summed E-state index contributed by atoms with van der Waals surface area (Å²) in [5, 5.41) is 2.84. The van der Waals surface area contributed by atoms with Crippen LogP contribution in [-0.4, -0.2) is 20.4 Å². The number of carbonyl (C=O) groups is 1. The minimum atomic E-state index is -0.239. The third kappa shape index (κ3) is 2.95. The van der Waals surface area contributed by atoms with Crippen LogP contribution in [0.15, 0.2) is 66.1 Å². The van der Waals surface area contributed by atoms with Crippen LogP contribution in [0, 0.1) is 0 Å². The molecule has 0 spiro atoms. The van der Waals surface area contributed by atoms with E-state index < -0.39 is 0 Å². The van der Waals surface area contributed by atoms with Crippen LogP contribution < -0.4 is 10.9 Å². The Balaban J connectivity index is 1.76. The smallest absolute Gasteiger partial charge is 0.253 e. The monoisotopic (exact) mass is 294 g/mol. The number of para-hydroxylation sites is 1. The highest BCUT2D eigenvalue weighted by atomic mass is 16.1. The summed E-state index contributed by atoms with van der Waals surface area (Å²) in [5.74, 6) is -0.239. The van der Waals surface area contributed by atoms with Crippen molar-refractivity contribution in [3.05, 3.63) is 82.8 Å². The minimum Gasteiger partial charge on any atom is -0.348 e. The molecule has 0 radical (unpaired) electrons. The van der Waals surface area contributed by atoms with Crippen molar-refractivity contribution in [2.24, 2.45) is 0 Å². The fourth-order valence-electron chi connectivity index (χ4n) is 2.14. The van der Waals surface area contributed by atoms with E-state index in [-0.39, 0.29) is 11.5 Å². The molecule has 0 saturated carbocycles. The average Bonchev–Trinajstić information content (AvgIpc) is 3.08. The molecule has 22 heavy (non-hydrogen) atoms. The Kier molecular flexibility index (Phi) is 3.82. The lowest BCUT2D eigenvalue weighted by Crippen LogP contribution is -2.24. The summed E-state index contributed by atoms with van der Waals surface area (Å²) in [7, 11) is 0. The molecular formula is C16H14N4O2. The number of hydrogen-bond donors (Lipinski definition) is 2. The predicted octanol–water partition coefficient (Wildman–Crippen LogP) is 1.49. The molecule has 0 fully saturated rings. The summed E-state index contributed by atoms with van der Waals surface area (Å²) in [5.41, 5.74) is 2.11. The third-order valence-electron chi connectivity index (χ3n) is 3.26. The number of H-pyrrole nitrogens is 1. The molecule has 3 rings (SSSR count). The number of hydrogen-bond acceptors (Lipinski definition) is 3. The van der Waals surface area contributed by atoms with Gasteiger partial charge in [-0.15, -0.1) is 0 Å². The van der Waals surface area contributed by atoms with Gasteiger partial charge in [0.2, 0.25) is 5.56 Å². The molecule has 1 aromatic carbocycles. The van der Waals surface area contributed by atoms with Gasteiger partial charge in [-0.3, -0.25) is 9.59 Å². The van der Waals surface area contributed by atoms with Crippen molar-refractivity contribution in [3.63, 3.8) is 0 Å². The zero-order valence-corrected chi connectivity index (χ0v) is 11.7. The van der Waals surface area contributed by atoms with Gasteiger partial charge in [0.15, 0.2) is 0 Å². The van der Waals surface area contributed by atoms with Crippen LogP contribution >= 0.6 is 0 Å². The number of amides is 1. The normalized spacial score (nSPS) is 10.4. The first kappa shape index (κ1) is 13.8. The predicted molar refractivity (Wildman–Crippen MR) is 81.8 cm³/mol. The van der Waals surface area contributed by atoms with Gasteiger partial charge in [0.25, 0.3) is 5.91 Å². The Morgan fingerprint density at radius 2 is 2.09 bits per heavy atom. The Bertz CT molecular complexity index is 817. The van der Waals surface area contributed by atoms with E-state index in [4.69, 9.17) is 0 Å². The lowest BCUT2D eigenvalue weighted by atomic mass is 10.1. The summed E-state index contributed by atoms with van der Waals surface area (Å²) < 4.78 is 1.89. The van der Waals surface area contributed by atoms with E-state index in [9.17, 15) is 9.59 Å². The van der Waals surface area contributed by atoms with Crippen molar-refractivity contribution in [3.8, 4) is 5.69 Å². The number of imidazole rings is 1. The van der Waals surface area contributed by atoms with Gasteiger partial charge in [-0.25, -0.2) is 4.98 Å². The molecule has 0 aliphatic rings. The molecule has 0 aliphatic heterocycles. The fraction of sp³-hybridized carbons (Fsp3) is 0.0625. The van der Waals surface area contributed by atoms with Crippen LogP contribution in [0.2, 0.25) is 0 Å². The summed E-state index contributed by atoms with van der Waals surface area (Å²) in [6.07, 6.45) is 6.67. The van der Waals surface area contributed by atoms with E-state index in [2.05, 4.69) is 15.3 Å². The van der Waals surface area contributed by atoms with Gasteiger partial charge in [0.1, 0.15) is 0 Å². The van der Waals surface area contributed by atoms with Crippen LogP contribution in [-0.2, 0) is 6.54 Å². The highest BCUT2D eigenvalue weighted by Crippen LogP contribution is 2.13. The minimum absolute atomic E-state index is 0.234. The molecule has 2 N–H and O–H groups in total. The van der Waals surface area contributed by atoms with Crippen LogP contribution in [0.1, 0.15) is 15.9 Å². The number of carbonyl (C=O) groups excluding carboxylic acids is 1. The first-order valence-corrected chi connectivity index (χ1v) is 6.77. The number of nitrogens with one attached hydrogen (secondary N) is 2. The van der Waals surface area contributed by atoms with Gasteiger partial charge in [-0.1, -0.05) is 18.2 Å². The first-order chi connectivity index (χ1) is 10.7. The number of aromatic amines is 1. The van der Waals surface area contributed by atoms with Crippen molar-refractivity contribution in [1.29, 1.82) is 0 Å². The SMILES string of the molecule is O=C(NCc1ccccc1-n1ccnc1)c1ccc(=O)[nH]c1. The lowest BCUT2D eigenvalue weighted by Gasteiger charge is -2.11. The molecule has 0 unspecified atom stereocenters. The van der Waals surface area contributed by atoms with Crippen LogP contribution in [0.3, 0.4) is 0 Å². The molecule has 3 aromatic rings. The lowest BCUT2D eigenvalue weighted by molar-refractivity contribution is 0.0950. The largest absolute Gasteiger partial charge is 0.348 e. The van der Waals surface area contributed by atoms with Gasteiger partial charge < -0.3 is 14.9 Å². The van der Waals surface area contributed by atoms with Gasteiger partial charge in [-0.2, -0.15) is 0 Å². The van der Waals surface area contributed by atoms with Crippen molar-refractivity contribution >= 4 is 5.91 Å². The maximum absolute atomic E-state index is 12.1. The highest BCUT2D eigenvalue weighted by Gasteiger charge is 2.08.